The maximum Gasteiger partial charge on any atom is 0.419 e. The second-order valence-corrected chi connectivity index (χ2v) is 6.38. The van der Waals surface area contributed by atoms with Crippen molar-refractivity contribution >= 4 is 22.7 Å². The molecule has 1 unspecified atom stereocenters. The first kappa shape index (κ1) is 13.7. The molecule has 4 heteroatoms. The average molecular weight is 294 g/mol. The minimum Gasteiger partial charge on any atom is -0.408 e. The number of halogens is 1. The summed E-state index contributed by atoms with van der Waals surface area (Å²) in [5.74, 6) is 0.531. The van der Waals surface area contributed by atoms with E-state index in [-0.39, 0.29) is 11.1 Å². The molecule has 1 aromatic carbocycles. The van der Waals surface area contributed by atoms with Gasteiger partial charge < -0.3 is 4.42 Å². The number of fused-ring (bicyclic) bond motifs is 1. The molecule has 1 aliphatic carbocycles. The zero-order chi connectivity index (χ0) is 14.1. The summed E-state index contributed by atoms with van der Waals surface area (Å²) in [4.78, 5) is 11.5. The third-order valence-electron chi connectivity index (χ3n) is 4.48. The van der Waals surface area contributed by atoms with Crippen molar-refractivity contribution in [3.05, 3.63) is 34.3 Å². The molecule has 3 rings (SSSR count). The molecule has 1 saturated carbocycles. The van der Waals surface area contributed by atoms with E-state index in [4.69, 9.17) is 16.0 Å². The van der Waals surface area contributed by atoms with E-state index in [2.05, 4.69) is 0 Å². The molecule has 1 aromatic heterocycles. The quantitative estimate of drug-likeness (QED) is 0.784. The highest BCUT2D eigenvalue weighted by molar-refractivity contribution is 6.20. The van der Waals surface area contributed by atoms with E-state index in [0.717, 1.165) is 23.4 Å². The normalized spacial score (nSPS) is 17.9. The Bertz CT molecular complexity index is 652. The van der Waals surface area contributed by atoms with E-state index < -0.39 is 0 Å². The highest BCUT2D eigenvalue weighted by atomic mass is 35.5. The second-order valence-electron chi connectivity index (χ2n) is 5.85. The van der Waals surface area contributed by atoms with Crippen molar-refractivity contribution in [1.82, 2.24) is 4.57 Å². The van der Waals surface area contributed by atoms with Crippen LogP contribution in [0.2, 0.25) is 0 Å². The first-order valence-electron chi connectivity index (χ1n) is 7.38. The molecule has 0 radical (unpaired) electrons. The van der Waals surface area contributed by atoms with E-state index >= 15 is 0 Å². The molecule has 108 valence electrons. The van der Waals surface area contributed by atoms with Gasteiger partial charge in [0.15, 0.2) is 5.58 Å². The van der Waals surface area contributed by atoms with E-state index in [1.54, 1.807) is 7.05 Å². The van der Waals surface area contributed by atoms with Crippen LogP contribution in [0.5, 0.6) is 0 Å². The molecule has 0 amide bonds. The Labute approximate surface area is 123 Å². The number of nitrogens with zero attached hydrogens (tertiary/aromatic N) is 1. The Morgan fingerprint density at radius 1 is 1.40 bits per heavy atom. The predicted octanol–water partition coefficient (Wildman–Crippen LogP) is 4.38. The molecule has 20 heavy (non-hydrogen) atoms. The highest BCUT2D eigenvalue weighted by Crippen LogP contribution is 2.34. The Morgan fingerprint density at radius 3 is 2.90 bits per heavy atom. The molecular formula is C16H20ClNO2. The van der Waals surface area contributed by atoms with Crippen molar-refractivity contribution in [2.45, 2.75) is 43.9 Å². The van der Waals surface area contributed by atoms with Crippen LogP contribution >= 0.6 is 11.6 Å². The molecule has 0 aliphatic heterocycles. The molecule has 1 heterocycles. The van der Waals surface area contributed by atoms with Gasteiger partial charge in [-0.1, -0.05) is 31.7 Å². The third kappa shape index (κ3) is 2.64. The number of oxazole rings is 1. The average Bonchev–Trinajstić information content (AvgIpc) is 3.05. The minimum atomic E-state index is -0.325. The van der Waals surface area contributed by atoms with Gasteiger partial charge in [-0.2, -0.15) is 0 Å². The number of rotatable bonds is 4. The molecule has 1 aliphatic rings. The molecule has 3 nitrogen and oxygen atoms in total. The van der Waals surface area contributed by atoms with Crippen LogP contribution in [0, 0.1) is 5.92 Å². The lowest BCUT2D eigenvalue weighted by Crippen LogP contribution is -2.08. The van der Waals surface area contributed by atoms with Crippen molar-refractivity contribution in [2.75, 3.05) is 0 Å². The molecular weight excluding hydrogens is 274 g/mol. The summed E-state index contributed by atoms with van der Waals surface area (Å²) >= 11 is 6.51. The van der Waals surface area contributed by atoms with Gasteiger partial charge in [0.05, 0.1) is 10.9 Å². The number of aromatic nitrogens is 1. The van der Waals surface area contributed by atoms with Crippen molar-refractivity contribution < 1.29 is 4.42 Å². The van der Waals surface area contributed by atoms with Crippen LogP contribution in [0.3, 0.4) is 0 Å². The second kappa shape index (κ2) is 5.65. The summed E-state index contributed by atoms with van der Waals surface area (Å²) in [5, 5.41) is 0.00510. The van der Waals surface area contributed by atoms with Crippen LogP contribution in [-0.4, -0.2) is 4.57 Å². The van der Waals surface area contributed by atoms with Gasteiger partial charge in [-0.15, -0.1) is 11.6 Å². The summed E-state index contributed by atoms with van der Waals surface area (Å²) < 4.78 is 6.73. The molecule has 0 bridgehead atoms. The van der Waals surface area contributed by atoms with Crippen LogP contribution < -0.4 is 5.76 Å². The SMILES string of the molecule is Cn1c(=O)oc2cc(C(Cl)CCC3CCCC3)ccc21. The van der Waals surface area contributed by atoms with Crippen LogP contribution in [0.25, 0.3) is 11.1 Å². The summed E-state index contributed by atoms with van der Waals surface area (Å²) in [6, 6.07) is 5.83. The first-order chi connectivity index (χ1) is 9.65. The number of aryl methyl sites for hydroxylation is 1. The minimum absolute atomic E-state index is 0.00510. The summed E-state index contributed by atoms with van der Waals surface area (Å²) in [6.07, 6.45) is 7.66. The van der Waals surface area contributed by atoms with Gasteiger partial charge in [-0.3, -0.25) is 4.57 Å². The Hall–Kier alpha value is -1.22. The van der Waals surface area contributed by atoms with E-state index in [0.29, 0.717) is 5.58 Å². The van der Waals surface area contributed by atoms with Gasteiger partial charge in [-0.25, -0.2) is 4.79 Å². The zero-order valence-corrected chi connectivity index (χ0v) is 12.5. The highest BCUT2D eigenvalue weighted by Gasteiger charge is 2.18. The van der Waals surface area contributed by atoms with Gasteiger partial charge in [0.25, 0.3) is 0 Å². The molecule has 0 N–H and O–H groups in total. The summed E-state index contributed by atoms with van der Waals surface area (Å²) in [7, 11) is 1.71. The molecule has 0 spiro atoms. The lowest BCUT2D eigenvalue weighted by atomic mass is 9.98. The summed E-state index contributed by atoms with van der Waals surface area (Å²) in [5.41, 5.74) is 2.49. The molecule has 2 aromatic rings. The van der Waals surface area contributed by atoms with Crippen molar-refractivity contribution in [3.63, 3.8) is 0 Å². The van der Waals surface area contributed by atoms with E-state index in [9.17, 15) is 4.79 Å². The van der Waals surface area contributed by atoms with Gasteiger partial charge in [-0.05, 0) is 36.5 Å². The van der Waals surface area contributed by atoms with Crippen molar-refractivity contribution in [2.24, 2.45) is 13.0 Å². The third-order valence-corrected chi connectivity index (χ3v) is 4.95. The van der Waals surface area contributed by atoms with Gasteiger partial charge in [0.2, 0.25) is 0 Å². The number of benzene rings is 1. The van der Waals surface area contributed by atoms with E-state index in [1.807, 2.05) is 18.2 Å². The number of alkyl halides is 1. The van der Waals surface area contributed by atoms with E-state index in [1.165, 1.54) is 36.7 Å². The largest absolute Gasteiger partial charge is 0.419 e. The Morgan fingerprint density at radius 2 is 2.15 bits per heavy atom. The molecule has 1 atom stereocenters. The van der Waals surface area contributed by atoms with Crippen LogP contribution in [-0.2, 0) is 7.05 Å². The van der Waals surface area contributed by atoms with Crippen LogP contribution in [0.15, 0.2) is 27.4 Å². The lowest BCUT2D eigenvalue weighted by molar-refractivity contribution is 0.479. The molecule has 0 saturated heterocycles. The monoisotopic (exact) mass is 293 g/mol. The standard InChI is InChI=1S/C16H20ClNO2/c1-18-14-9-7-12(10-15(14)20-16(18)19)13(17)8-6-11-4-2-3-5-11/h7,9-11,13H,2-6,8H2,1H3. The van der Waals surface area contributed by atoms with Gasteiger partial charge in [0.1, 0.15) is 0 Å². The van der Waals surface area contributed by atoms with Crippen LogP contribution in [0.1, 0.15) is 49.5 Å². The lowest BCUT2D eigenvalue weighted by Gasteiger charge is -2.13. The van der Waals surface area contributed by atoms with Gasteiger partial charge in [0, 0.05) is 7.05 Å². The fourth-order valence-electron chi connectivity index (χ4n) is 3.19. The fraction of sp³-hybridized carbons (Fsp3) is 0.562. The first-order valence-corrected chi connectivity index (χ1v) is 7.82. The van der Waals surface area contributed by atoms with Gasteiger partial charge >= 0.3 is 5.76 Å². The van der Waals surface area contributed by atoms with Crippen LogP contribution in [0.4, 0.5) is 0 Å². The number of hydrogen-bond acceptors (Lipinski definition) is 2. The molecule has 1 fully saturated rings. The van der Waals surface area contributed by atoms with Crippen molar-refractivity contribution in [1.29, 1.82) is 0 Å². The number of hydrogen-bond donors (Lipinski definition) is 0. The maximum absolute atomic E-state index is 11.5. The Balaban J connectivity index is 1.73. The smallest absolute Gasteiger partial charge is 0.408 e. The Kier molecular flexibility index (Phi) is 3.88. The fourth-order valence-corrected chi connectivity index (χ4v) is 3.45. The van der Waals surface area contributed by atoms with Crippen molar-refractivity contribution in [3.8, 4) is 0 Å². The maximum atomic E-state index is 11.5. The summed E-state index contributed by atoms with van der Waals surface area (Å²) in [6.45, 7) is 0. The zero-order valence-electron chi connectivity index (χ0n) is 11.8. The predicted molar refractivity (Wildman–Crippen MR) is 81.2 cm³/mol. The topological polar surface area (TPSA) is 35.1 Å².